The first-order valence-electron chi connectivity index (χ1n) is 30.2. The fraction of sp³-hybridized carbons (Fsp3) is 0.774. The number of aliphatic carboxylic acids is 1. The van der Waals surface area contributed by atoms with Crippen LogP contribution in [0.4, 0.5) is 0 Å². The van der Waals surface area contributed by atoms with Gasteiger partial charge in [0.2, 0.25) is 23.6 Å². The van der Waals surface area contributed by atoms with E-state index in [9.17, 15) is 43.5 Å². The number of imidazole rings is 2. The van der Waals surface area contributed by atoms with Gasteiger partial charge in [0.1, 0.15) is 0 Å². The van der Waals surface area contributed by atoms with Gasteiger partial charge in [-0.2, -0.15) is 0 Å². The molecule has 6 N–H and O–H groups in total. The van der Waals surface area contributed by atoms with Crippen LogP contribution in [0.15, 0.2) is 37.4 Å². The third-order valence-corrected chi connectivity index (χ3v) is 17.0. The van der Waals surface area contributed by atoms with Gasteiger partial charge in [-0.1, -0.05) is 123 Å². The molecule has 2 aromatic rings. The number of aryl methyl sites for hydroxylation is 2. The number of carboxylic acids is 1. The highest BCUT2D eigenvalue weighted by molar-refractivity contribution is 6.06. The van der Waals surface area contributed by atoms with Crippen molar-refractivity contribution in [1.82, 2.24) is 28.9 Å². The van der Waals surface area contributed by atoms with Crippen LogP contribution >= 0.6 is 0 Å². The average Bonchev–Trinajstić information content (AvgIpc) is 4.38. The second kappa shape index (κ2) is 35.7. The molecule has 0 spiro atoms. The Morgan fingerprint density at radius 1 is 0.634 bits per heavy atom. The number of carbonyl (C=O) groups excluding carboxylic acids is 7. The molecule has 0 aromatic carbocycles. The number of hydrogen-bond donors (Lipinski definition) is 4. The SMILES string of the molecule is CCC(C)(C)C1C(=O)OC(=O)C1C.CCCCN.CCCCN1C(=O)C(CCC(C)(C)C(C(=O)O)C(C)C(=O)OCC)C(C(C)(C)CCC2C(=O)N(CCCn3ccnc3)C(=O)C2C(C)(C)CC)C1=O.CCO.NCCCn1ccnc1. The fourth-order valence-corrected chi connectivity index (χ4v) is 11.4. The highest BCUT2D eigenvalue weighted by atomic mass is 16.6. The Kier molecular flexibility index (Phi) is 32.5. The normalized spacial score (nSPS) is 20.9. The van der Waals surface area contributed by atoms with Crippen LogP contribution in [0, 0.1) is 69.0 Å². The summed E-state index contributed by atoms with van der Waals surface area (Å²) in [6, 6.07) is 0. The first kappa shape index (κ1) is 74.7. The summed E-state index contributed by atoms with van der Waals surface area (Å²) in [5, 5.41) is 17.8. The smallest absolute Gasteiger partial charge is 0.318 e. The van der Waals surface area contributed by atoms with Gasteiger partial charge in [0.05, 0.1) is 66.6 Å². The average molecular weight is 1160 g/mol. The summed E-state index contributed by atoms with van der Waals surface area (Å²) >= 11 is 0. The number of aromatic nitrogens is 4. The van der Waals surface area contributed by atoms with E-state index in [0.717, 1.165) is 38.9 Å². The Balaban J connectivity index is 0.000000897. The third-order valence-electron chi connectivity index (χ3n) is 17.0. The van der Waals surface area contributed by atoms with Gasteiger partial charge in [-0.3, -0.25) is 48.2 Å². The molecule has 3 saturated heterocycles. The largest absolute Gasteiger partial charge is 0.481 e. The molecule has 5 heterocycles. The Morgan fingerprint density at radius 2 is 1.07 bits per heavy atom. The molecule has 20 nitrogen and oxygen atoms in total. The van der Waals surface area contributed by atoms with Crippen LogP contribution in [-0.2, 0) is 60.9 Å². The number of esters is 3. The molecule has 20 heteroatoms. The number of nitrogens with two attached hydrogens (primary N) is 2. The van der Waals surface area contributed by atoms with Gasteiger partial charge in [0.15, 0.2) is 0 Å². The van der Waals surface area contributed by atoms with Gasteiger partial charge in [-0.15, -0.1) is 0 Å². The number of aliphatic hydroxyl groups excluding tert-OH is 1. The third kappa shape index (κ3) is 21.4. The van der Waals surface area contributed by atoms with Crippen LogP contribution < -0.4 is 11.5 Å². The lowest BCUT2D eigenvalue weighted by molar-refractivity contribution is -0.161. The summed E-state index contributed by atoms with van der Waals surface area (Å²) in [6.45, 7) is 34.7. The van der Waals surface area contributed by atoms with Crippen LogP contribution in [0.25, 0.3) is 0 Å². The van der Waals surface area contributed by atoms with E-state index in [0.29, 0.717) is 58.2 Å². The van der Waals surface area contributed by atoms with Crippen molar-refractivity contribution in [3.05, 3.63) is 37.4 Å². The van der Waals surface area contributed by atoms with E-state index in [-0.39, 0.29) is 72.5 Å². The maximum atomic E-state index is 14.2. The molecule has 0 aliphatic carbocycles. The maximum Gasteiger partial charge on any atom is 0.318 e. The zero-order valence-corrected chi connectivity index (χ0v) is 53.0. The Hall–Kier alpha value is -5.34. The Bertz CT molecular complexity index is 2260. The molecule has 0 saturated carbocycles. The summed E-state index contributed by atoms with van der Waals surface area (Å²) in [4.78, 5) is 115. The highest BCUT2D eigenvalue weighted by Crippen LogP contribution is 2.50. The van der Waals surface area contributed by atoms with Crippen LogP contribution in [-0.4, -0.2) is 126 Å². The number of amides is 4. The number of unbranched alkanes of at least 4 members (excludes halogenated alkanes) is 2. The monoisotopic (exact) mass is 1160 g/mol. The molecule has 3 aliphatic heterocycles. The van der Waals surface area contributed by atoms with Gasteiger partial charge < -0.3 is 40.3 Å². The minimum absolute atomic E-state index is 0.139. The van der Waals surface area contributed by atoms with Crippen molar-refractivity contribution in [1.29, 1.82) is 0 Å². The van der Waals surface area contributed by atoms with E-state index in [1.807, 2.05) is 83.8 Å². The van der Waals surface area contributed by atoms with Crippen molar-refractivity contribution >= 4 is 47.5 Å². The van der Waals surface area contributed by atoms with E-state index in [2.05, 4.69) is 21.6 Å². The number of hydrogen-bond acceptors (Lipinski definition) is 15. The van der Waals surface area contributed by atoms with Crippen molar-refractivity contribution in [2.24, 2.45) is 80.5 Å². The molecule has 4 amide bonds. The van der Waals surface area contributed by atoms with E-state index in [1.165, 1.54) is 22.6 Å². The predicted molar refractivity (Wildman–Crippen MR) is 317 cm³/mol. The number of carbonyl (C=O) groups is 8. The molecule has 3 fully saturated rings. The van der Waals surface area contributed by atoms with Gasteiger partial charge in [0, 0.05) is 57.6 Å². The zero-order valence-electron chi connectivity index (χ0n) is 53.0. The number of cyclic esters (lactones) is 2. The molecular weight excluding hydrogens is 1050 g/mol. The fourth-order valence-electron chi connectivity index (χ4n) is 11.4. The van der Waals surface area contributed by atoms with E-state index in [4.69, 9.17) is 21.3 Å². The number of rotatable bonds is 28. The lowest BCUT2D eigenvalue weighted by Gasteiger charge is -2.38. The van der Waals surface area contributed by atoms with Gasteiger partial charge >= 0.3 is 23.9 Å². The molecule has 5 rings (SSSR count). The van der Waals surface area contributed by atoms with E-state index >= 15 is 0 Å². The first-order chi connectivity index (χ1) is 38.4. The number of carboxylic acid groups (broad SMARTS) is 1. The van der Waals surface area contributed by atoms with Crippen LogP contribution in [0.5, 0.6) is 0 Å². The lowest BCUT2D eigenvalue weighted by Crippen LogP contribution is -2.41. The Morgan fingerprint density at radius 3 is 1.45 bits per heavy atom. The number of aliphatic hydroxyl groups is 1. The molecule has 8 atom stereocenters. The van der Waals surface area contributed by atoms with Crippen LogP contribution in [0.2, 0.25) is 0 Å². The molecule has 0 radical (unpaired) electrons. The second-order valence-electron chi connectivity index (χ2n) is 24.8. The topological polar surface area (TPSA) is 290 Å². The van der Waals surface area contributed by atoms with Crippen molar-refractivity contribution in [3.63, 3.8) is 0 Å². The Labute approximate surface area is 491 Å². The van der Waals surface area contributed by atoms with Crippen molar-refractivity contribution in [2.45, 2.75) is 201 Å². The molecule has 8 unspecified atom stereocenters. The summed E-state index contributed by atoms with van der Waals surface area (Å²) in [5.74, 6) is -8.18. The summed E-state index contributed by atoms with van der Waals surface area (Å²) in [5.41, 5.74) is 8.26. The van der Waals surface area contributed by atoms with E-state index in [1.54, 1.807) is 66.6 Å². The van der Waals surface area contributed by atoms with Crippen LogP contribution in [0.1, 0.15) is 188 Å². The maximum absolute atomic E-state index is 14.2. The van der Waals surface area contributed by atoms with E-state index < -0.39 is 63.7 Å². The summed E-state index contributed by atoms with van der Waals surface area (Å²) < 4.78 is 13.7. The van der Waals surface area contributed by atoms with Crippen LogP contribution in [0.3, 0.4) is 0 Å². The molecule has 82 heavy (non-hydrogen) atoms. The summed E-state index contributed by atoms with van der Waals surface area (Å²) in [6.07, 6.45) is 19.2. The van der Waals surface area contributed by atoms with Gasteiger partial charge in [-0.05, 0) is 100.0 Å². The lowest BCUT2D eigenvalue weighted by atomic mass is 9.64. The number of ether oxygens (including phenoxy) is 2. The van der Waals surface area contributed by atoms with Crippen molar-refractivity contribution in [2.75, 3.05) is 39.4 Å². The number of imide groups is 2. The highest BCUT2D eigenvalue weighted by Gasteiger charge is 2.57. The van der Waals surface area contributed by atoms with Crippen molar-refractivity contribution in [3.8, 4) is 0 Å². The molecular formula is C62H108N8O12. The predicted octanol–water partition coefficient (Wildman–Crippen LogP) is 8.96. The molecule has 3 aliphatic rings. The molecule has 468 valence electrons. The van der Waals surface area contributed by atoms with Crippen molar-refractivity contribution < 1.29 is 58.0 Å². The minimum atomic E-state index is -1.11. The molecule has 0 bridgehead atoms. The number of likely N-dealkylation sites (tertiary alicyclic amines) is 2. The number of nitrogens with zero attached hydrogens (tertiary/aromatic N) is 6. The first-order valence-corrected chi connectivity index (χ1v) is 30.2. The molecule has 2 aromatic heterocycles. The van der Waals surface area contributed by atoms with Gasteiger partial charge in [0.25, 0.3) is 0 Å². The summed E-state index contributed by atoms with van der Waals surface area (Å²) in [7, 11) is 0. The quantitative estimate of drug-likeness (QED) is 0.0351. The second-order valence-corrected chi connectivity index (χ2v) is 24.8. The minimum Gasteiger partial charge on any atom is -0.481 e. The zero-order chi connectivity index (χ0) is 62.8. The van der Waals surface area contributed by atoms with Gasteiger partial charge in [-0.25, -0.2) is 9.97 Å². The standard InChI is InChI=1S/C40H64N4O8.C10H16O3.C6H11N3.C4H11N.C2H6O/c1-11-14-22-43-33(46)28(16-18-39(7,8)29(36(49)50)26(4)37(51)52-13-3)31(35(43)48)40(9,10)19-17-27-30(38(5,6)12-2)34(47)44(32(27)45)23-15-21-42-24-20-41-25-42;1-5-10(3,4)7-6(2)8(11)13-9(7)12;7-2-1-4-9-5-3-8-6-9;1-2-3-4-5;1-2-3/h20,24-31H,11-19,21-23H2,1-10H3,(H,49,50);6-7H,5H2,1-4H3;3,5-6H,1-2,4,7H2;2-5H2,1H3;3H,2H2,1H3.